The fourth-order valence-electron chi connectivity index (χ4n) is 4.83. The van der Waals surface area contributed by atoms with Gasteiger partial charge in [0.05, 0.1) is 12.5 Å². The number of rotatable bonds is 12. The zero-order valence-corrected chi connectivity index (χ0v) is 20.7. The Morgan fingerprint density at radius 3 is 2.67 bits per heavy atom. The highest BCUT2D eigenvalue weighted by atomic mass is 16.5. The molecular formula is C30H36N2O4. The highest BCUT2D eigenvalue weighted by molar-refractivity contribution is 5.77. The number of nitrogens with two attached hydrogens (primary N) is 1. The summed E-state index contributed by atoms with van der Waals surface area (Å²) in [6, 6.07) is 22.2. The van der Waals surface area contributed by atoms with Crippen LogP contribution >= 0.6 is 0 Å². The van der Waals surface area contributed by atoms with Gasteiger partial charge in [-0.3, -0.25) is 4.79 Å². The van der Waals surface area contributed by atoms with Crippen molar-refractivity contribution in [3.8, 4) is 5.75 Å². The van der Waals surface area contributed by atoms with E-state index in [-0.39, 0.29) is 13.0 Å². The molecule has 1 amide bonds. The standard InChI is InChI=1S/C30H36N2O4/c31-30(35)18-26-16-24(11-13-29(26)36-20-22-5-2-1-3-6-22)28(34)19-32-27-12-10-23-9-8-21(7-4-14-33)15-25(23)17-27/h1-3,5-6,8-9,11,13,15-16,27-28,32-34H,4,7,10,12,14,17-20H2,(H2,31,35)/t27-,28?/m0/s1. The van der Waals surface area contributed by atoms with Gasteiger partial charge in [-0.2, -0.15) is 0 Å². The largest absolute Gasteiger partial charge is 0.489 e. The number of fused-ring (bicyclic) bond motifs is 1. The van der Waals surface area contributed by atoms with Crippen molar-refractivity contribution in [2.75, 3.05) is 13.2 Å². The van der Waals surface area contributed by atoms with E-state index in [4.69, 9.17) is 15.6 Å². The Hall–Kier alpha value is -3.19. The van der Waals surface area contributed by atoms with Gasteiger partial charge >= 0.3 is 0 Å². The second kappa shape index (κ2) is 12.7. The first-order chi connectivity index (χ1) is 17.5. The van der Waals surface area contributed by atoms with Crippen molar-refractivity contribution < 1.29 is 19.7 Å². The van der Waals surface area contributed by atoms with Gasteiger partial charge in [-0.1, -0.05) is 54.6 Å². The average molecular weight is 489 g/mol. The summed E-state index contributed by atoms with van der Waals surface area (Å²) in [5, 5.41) is 23.5. The summed E-state index contributed by atoms with van der Waals surface area (Å²) in [4.78, 5) is 11.7. The summed E-state index contributed by atoms with van der Waals surface area (Å²) in [5.74, 6) is 0.158. The monoisotopic (exact) mass is 488 g/mol. The van der Waals surface area contributed by atoms with Gasteiger partial charge in [-0.05, 0) is 72.1 Å². The molecule has 5 N–H and O–H groups in total. The van der Waals surface area contributed by atoms with Crippen LogP contribution in [0.5, 0.6) is 5.75 Å². The predicted octanol–water partition coefficient (Wildman–Crippen LogP) is 3.40. The molecule has 0 bridgehead atoms. The first-order valence-electron chi connectivity index (χ1n) is 12.7. The maximum Gasteiger partial charge on any atom is 0.221 e. The normalized spacial score (nSPS) is 15.8. The second-order valence-electron chi connectivity index (χ2n) is 9.58. The molecule has 0 heterocycles. The molecule has 6 heteroatoms. The van der Waals surface area contributed by atoms with Crippen LogP contribution in [0, 0.1) is 0 Å². The number of ether oxygens (including phenoxy) is 1. The lowest BCUT2D eigenvalue weighted by atomic mass is 9.86. The van der Waals surface area contributed by atoms with E-state index in [9.17, 15) is 9.90 Å². The summed E-state index contributed by atoms with van der Waals surface area (Å²) in [6.07, 6.45) is 3.97. The lowest BCUT2D eigenvalue weighted by molar-refractivity contribution is -0.117. The number of aryl methyl sites for hydroxylation is 2. The topological polar surface area (TPSA) is 105 Å². The number of aliphatic hydroxyl groups excluding tert-OH is 2. The summed E-state index contributed by atoms with van der Waals surface area (Å²) >= 11 is 0. The first kappa shape index (κ1) is 25.9. The molecule has 3 aromatic rings. The SMILES string of the molecule is NC(=O)Cc1cc(C(O)CN[C@H]2CCc3ccc(CCCO)cc3C2)ccc1OCc1ccccc1. The molecule has 1 aliphatic carbocycles. The fourth-order valence-corrected chi connectivity index (χ4v) is 4.83. The Balaban J connectivity index is 1.37. The zero-order valence-electron chi connectivity index (χ0n) is 20.7. The minimum absolute atomic E-state index is 0.0517. The van der Waals surface area contributed by atoms with E-state index < -0.39 is 12.0 Å². The second-order valence-corrected chi connectivity index (χ2v) is 9.58. The van der Waals surface area contributed by atoms with E-state index in [1.54, 1.807) is 0 Å². The first-order valence-corrected chi connectivity index (χ1v) is 12.7. The number of hydrogen-bond donors (Lipinski definition) is 4. The summed E-state index contributed by atoms with van der Waals surface area (Å²) in [5.41, 5.74) is 11.9. The number of carbonyl (C=O) groups is 1. The smallest absolute Gasteiger partial charge is 0.221 e. The third-order valence-electron chi connectivity index (χ3n) is 6.79. The van der Waals surface area contributed by atoms with Gasteiger partial charge in [0.25, 0.3) is 0 Å². The number of amides is 1. The molecule has 6 nitrogen and oxygen atoms in total. The Bertz CT molecular complexity index is 1150. The molecule has 1 aliphatic rings. The number of nitrogens with one attached hydrogen (secondary N) is 1. The highest BCUT2D eigenvalue weighted by Gasteiger charge is 2.20. The van der Waals surface area contributed by atoms with Crippen molar-refractivity contribution in [2.45, 2.75) is 57.3 Å². The van der Waals surface area contributed by atoms with Gasteiger partial charge in [-0.15, -0.1) is 0 Å². The van der Waals surface area contributed by atoms with Crippen molar-refractivity contribution in [1.29, 1.82) is 0 Å². The van der Waals surface area contributed by atoms with Crippen molar-refractivity contribution in [1.82, 2.24) is 5.32 Å². The molecule has 3 aromatic carbocycles. The van der Waals surface area contributed by atoms with E-state index in [0.29, 0.717) is 30.5 Å². The van der Waals surface area contributed by atoms with Crippen LogP contribution in [0.1, 0.15) is 52.3 Å². The Kier molecular flexibility index (Phi) is 9.11. The quantitative estimate of drug-likeness (QED) is 0.313. The van der Waals surface area contributed by atoms with E-state index in [0.717, 1.165) is 43.2 Å². The van der Waals surface area contributed by atoms with Crippen LogP contribution in [0.2, 0.25) is 0 Å². The van der Waals surface area contributed by atoms with Gasteiger partial charge in [0.15, 0.2) is 0 Å². The van der Waals surface area contributed by atoms with Crippen LogP contribution in [0.4, 0.5) is 0 Å². The molecule has 2 atom stereocenters. The van der Waals surface area contributed by atoms with Crippen LogP contribution < -0.4 is 15.8 Å². The third kappa shape index (κ3) is 7.17. The van der Waals surface area contributed by atoms with Crippen LogP contribution in [0.25, 0.3) is 0 Å². The number of primary amides is 1. The molecule has 0 spiro atoms. The maximum absolute atomic E-state index is 11.7. The Labute approximate surface area is 213 Å². The summed E-state index contributed by atoms with van der Waals surface area (Å²) < 4.78 is 5.96. The van der Waals surface area contributed by atoms with Crippen molar-refractivity contribution in [3.05, 3.63) is 100 Å². The lowest BCUT2D eigenvalue weighted by Gasteiger charge is -2.27. The van der Waals surface area contributed by atoms with Crippen LogP contribution in [0.15, 0.2) is 66.7 Å². The predicted molar refractivity (Wildman–Crippen MR) is 141 cm³/mol. The van der Waals surface area contributed by atoms with Gasteiger partial charge in [0, 0.05) is 24.8 Å². The maximum atomic E-state index is 11.7. The molecule has 1 unspecified atom stereocenters. The number of aliphatic hydroxyl groups is 2. The summed E-state index contributed by atoms with van der Waals surface area (Å²) in [7, 11) is 0. The molecule has 0 fully saturated rings. The van der Waals surface area contributed by atoms with Crippen molar-refractivity contribution in [2.24, 2.45) is 5.73 Å². The third-order valence-corrected chi connectivity index (χ3v) is 6.79. The highest BCUT2D eigenvalue weighted by Crippen LogP contribution is 2.27. The molecule has 4 rings (SSSR count). The molecular weight excluding hydrogens is 452 g/mol. The van der Waals surface area contributed by atoms with Crippen LogP contribution in [-0.2, 0) is 37.1 Å². The van der Waals surface area contributed by atoms with Gasteiger partial charge < -0.3 is 26.0 Å². The molecule has 0 saturated carbocycles. The van der Waals surface area contributed by atoms with Gasteiger partial charge in [0.1, 0.15) is 12.4 Å². The fraction of sp³-hybridized carbons (Fsp3) is 0.367. The van der Waals surface area contributed by atoms with Crippen LogP contribution in [0.3, 0.4) is 0 Å². The number of benzene rings is 3. The number of hydrogen-bond acceptors (Lipinski definition) is 5. The average Bonchev–Trinajstić information content (AvgIpc) is 2.89. The van der Waals surface area contributed by atoms with Gasteiger partial charge in [0.2, 0.25) is 5.91 Å². The van der Waals surface area contributed by atoms with Gasteiger partial charge in [-0.25, -0.2) is 0 Å². The molecule has 0 saturated heterocycles. The van der Waals surface area contributed by atoms with Crippen molar-refractivity contribution in [3.63, 3.8) is 0 Å². The van der Waals surface area contributed by atoms with E-state index >= 15 is 0 Å². The Morgan fingerprint density at radius 2 is 1.89 bits per heavy atom. The number of carbonyl (C=O) groups excluding carboxylic acids is 1. The van der Waals surface area contributed by atoms with Crippen LogP contribution in [-0.4, -0.2) is 35.3 Å². The molecule has 0 radical (unpaired) electrons. The zero-order chi connectivity index (χ0) is 25.3. The Morgan fingerprint density at radius 1 is 1.06 bits per heavy atom. The van der Waals surface area contributed by atoms with Crippen molar-refractivity contribution >= 4 is 5.91 Å². The molecule has 190 valence electrons. The minimum Gasteiger partial charge on any atom is -0.489 e. The van der Waals surface area contributed by atoms with E-state index in [1.165, 1.54) is 16.7 Å². The summed E-state index contributed by atoms with van der Waals surface area (Å²) in [6.45, 7) is 1.02. The van der Waals surface area contributed by atoms with E-state index in [2.05, 4.69) is 23.5 Å². The molecule has 36 heavy (non-hydrogen) atoms. The lowest BCUT2D eigenvalue weighted by Crippen LogP contribution is -2.37. The van der Waals surface area contributed by atoms with E-state index in [1.807, 2.05) is 48.5 Å². The minimum atomic E-state index is -0.711. The molecule has 0 aliphatic heterocycles. The molecule has 0 aromatic heterocycles.